The molecular weight excluding hydrogens is 240 g/mol. The number of hydrogen-bond donors (Lipinski definition) is 2. The summed E-state index contributed by atoms with van der Waals surface area (Å²) in [6.07, 6.45) is 5.15. The molecule has 0 radical (unpaired) electrons. The van der Waals surface area contributed by atoms with Crippen LogP contribution in [0.1, 0.15) is 44.2 Å². The first kappa shape index (κ1) is 12.5. The molecule has 0 spiro atoms. The Morgan fingerprint density at radius 3 is 2.89 bits per heavy atom. The van der Waals surface area contributed by atoms with Gasteiger partial charge >= 0.3 is 0 Å². The van der Waals surface area contributed by atoms with E-state index in [2.05, 4.69) is 10.6 Å². The quantitative estimate of drug-likeness (QED) is 0.875. The molecule has 4 nitrogen and oxygen atoms in total. The lowest BCUT2D eigenvalue weighted by molar-refractivity contribution is -0.117. The van der Waals surface area contributed by atoms with Gasteiger partial charge in [0.05, 0.1) is 6.10 Å². The van der Waals surface area contributed by atoms with Gasteiger partial charge in [-0.1, -0.05) is 13.0 Å². The zero-order valence-electron chi connectivity index (χ0n) is 11.2. The maximum Gasteiger partial charge on any atom is 0.246 e. The van der Waals surface area contributed by atoms with Crippen molar-refractivity contribution in [3.05, 3.63) is 23.8 Å². The number of likely N-dealkylation sites (N-methyl/N-ethyl adjacent to an activating group) is 1. The van der Waals surface area contributed by atoms with Crippen molar-refractivity contribution in [1.82, 2.24) is 5.32 Å². The van der Waals surface area contributed by atoms with Gasteiger partial charge in [-0.2, -0.15) is 0 Å². The van der Waals surface area contributed by atoms with Crippen molar-refractivity contribution in [2.45, 2.75) is 44.8 Å². The maximum atomic E-state index is 11.9. The average molecular weight is 260 g/mol. The maximum absolute atomic E-state index is 11.9. The van der Waals surface area contributed by atoms with E-state index in [1.807, 2.05) is 25.1 Å². The van der Waals surface area contributed by atoms with Crippen molar-refractivity contribution in [2.24, 2.45) is 0 Å². The number of nitrogens with one attached hydrogen (secondary N) is 2. The standard InChI is InChI=1S/C15H20N2O2/c1-2-16-14-12-8-7-11(9-13(12)17-15(14)18)19-10-5-3-4-6-10/h7-10,14,16H,2-6H2,1H3,(H,17,18). The van der Waals surface area contributed by atoms with E-state index in [-0.39, 0.29) is 11.9 Å². The molecule has 2 N–H and O–H groups in total. The van der Waals surface area contributed by atoms with E-state index < -0.39 is 0 Å². The number of anilines is 1. The van der Waals surface area contributed by atoms with Crippen LogP contribution in [0.4, 0.5) is 5.69 Å². The lowest BCUT2D eigenvalue weighted by Crippen LogP contribution is -2.27. The molecule has 1 aliphatic carbocycles. The molecule has 102 valence electrons. The largest absolute Gasteiger partial charge is 0.490 e. The summed E-state index contributed by atoms with van der Waals surface area (Å²) in [5.74, 6) is 0.887. The SMILES string of the molecule is CCNC1C(=O)Nc2cc(OC3CCCC3)ccc21. The molecule has 1 atom stereocenters. The molecule has 0 bridgehead atoms. The number of benzene rings is 1. The molecule has 1 aliphatic heterocycles. The Hall–Kier alpha value is -1.55. The fraction of sp³-hybridized carbons (Fsp3) is 0.533. The summed E-state index contributed by atoms with van der Waals surface area (Å²) in [6.45, 7) is 2.78. The second kappa shape index (κ2) is 5.21. The van der Waals surface area contributed by atoms with Crippen LogP contribution in [-0.4, -0.2) is 18.6 Å². The summed E-state index contributed by atoms with van der Waals surface area (Å²) in [6, 6.07) is 5.69. The minimum Gasteiger partial charge on any atom is -0.490 e. The topological polar surface area (TPSA) is 50.4 Å². The van der Waals surface area contributed by atoms with Crippen LogP contribution >= 0.6 is 0 Å². The number of carbonyl (C=O) groups excluding carboxylic acids is 1. The molecule has 1 fully saturated rings. The van der Waals surface area contributed by atoms with Crippen molar-refractivity contribution in [2.75, 3.05) is 11.9 Å². The Bertz CT molecular complexity index is 481. The highest BCUT2D eigenvalue weighted by atomic mass is 16.5. The van der Waals surface area contributed by atoms with Crippen LogP contribution in [-0.2, 0) is 4.79 Å². The van der Waals surface area contributed by atoms with Crippen LogP contribution in [0.25, 0.3) is 0 Å². The predicted molar refractivity (Wildman–Crippen MR) is 74.4 cm³/mol. The Labute approximate surface area is 113 Å². The molecule has 1 saturated carbocycles. The van der Waals surface area contributed by atoms with E-state index in [1.54, 1.807) is 0 Å². The highest BCUT2D eigenvalue weighted by Crippen LogP contribution is 2.34. The zero-order valence-corrected chi connectivity index (χ0v) is 11.2. The normalized spacial score (nSPS) is 22.4. The van der Waals surface area contributed by atoms with E-state index >= 15 is 0 Å². The highest BCUT2D eigenvalue weighted by molar-refractivity contribution is 6.02. The fourth-order valence-electron chi connectivity index (χ4n) is 2.92. The van der Waals surface area contributed by atoms with Gasteiger partial charge in [-0.05, 0) is 38.3 Å². The van der Waals surface area contributed by atoms with Crippen molar-refractivity contribution in [3.63, 3.8) is 0 Å². The van der Waals surface area contributed by atoms with Crippen LogP contribution in [0.5, 0.6) is 5.75 Å². The second-order valence-electron chi connectivity index (χ2n) is 5.25. The van der Waals surface area contributed by atoms with Gasteiger partial charge in [-0.15, -0.1) is 0 Å². The van der Waals surface area contributed by atoms with Crippen molar-refractivity contribution < 1.29 is 9.53 Å². The first-order chi connectivity index (χ1) is 9.28. The molecule has 1 amide bonds. The number of rotatable bonds is 4. The summed E-state index contributed by atoms with van der Waals surface area (Å²) in [7, 11) is 0. The van der Waals surface area contributed by atoms with Gasteiger partial charge < -0.3 is 15.4 Å². The van der Waals surface area contributed by atoms with E-state index in [4.69, 9.17) is 4.74 Å². The smallest absolute Gasteiger partial charge is 0.246 e. The molecule has 1 aromatic carbocycles. The number of hydrogen-bond acceptors (Lipinski definition) is 3. The third-order valence-electron chi connectivity index (χ3n) is 3.87. The fourth-order valence-corrected chi connectivity index (χ4v) is 2.92. The zero-order chi connectivity index (χ0) is 13.2. The molecule has 2 aliphatic rings. The van der Waals surface area contributed by atoms with Crippen LogP contribution in [0, 0.1) is 0 Å². The summed E-state index contributed by atoms with van der Waals surface area (Å²) in [5, 5.41) is 6.11. The number of amides is 1. The van der Waals surface area contributed by atoms with Crippen LogP contribution in [0.2, 0.25) is 0 Å². The van der Waals surface area contributed by atoms with Gasteiger partial charge in [0.1, 0.15) is 11.8 Å². The highest BCUT2D eigenvalue weighted by Gasteiger charge is 2.30. The molecule has 0 saturated heterocycles. The van der Waals surface area contributed by atoms with Crippen LogP contribution in [0.15, 0.2) is 18.2 Å². The number of carbonyl (C=O) groups is 1. The Kier molecular flexibility index (Phi) is 3.42. The van der Waals surface area contributed by atoms with Crippen molar-refractivity contribution in [3.8, 4) is 5.75 Å². The third-order valence-corrected chi connectivity index (χ3v) is 3.87. The molecule has 4 heteroatoms. The van der Waals surface area contributed by atoms with Crippen LogP contribution < -0.4 is 15.4 Å². The van der Waals surface area contributed by atoms with Gasteiger partial charge in [0, 0.05) is 17.3 Å². The van der Waals surface area contributed by atoms with Gasteiger partial charge in [0.2, 0.25) is 5.91 Å². The number of ether oxygens (including phenoxy) is 1. The number of fused-ring (bicyclic) bond motifs is 1. The minimum atomic E-state index is -0.222. The predicted octanol–water partition coefficient (Wildman–Crippen LogP) is 2.61. The Balaban J connectivity index is 1.77. The Morgan fingerprint density at radius 2 is 2.16 bits per heavy atom. The van der Waals surface area contributed by atoms with E-state index in [1.165, 1.54) is 12.8 Å². The molecule has 3 rings (SSSR count). The summed E-state index contributed by atoms with van der Waals surface area (Å²) < 4.78 is 5.96. The van der Waals surface area contributed by atoms with E-state index in [9.17, 15) is 4.79 Å². The van der Waals surface area contributed by atoms with Crippen molar-refractivity contribution >= 4 is 11.6 Å². The van der Waals surface area contributed by atoms with E-state index in [0.717, 1.165) is 36.4 Å². The summed E-state index contributed by atoms with van der Waals surface area (Å²) in [5.41, 5.74) is 1.90. The van der Waals surface area contributed by atoms with Gasteiger partial charge in [0.25, 0.3) is 0 Å². The van der Waals surface area contributed by atoms with Gasteiger partial charge in [-0.3, -0.25) is 4.79 Å². The molecular formula is C15H20N2O2. The summed E-state index contributed by atoms with van der Waals surface area (Å²) >= 11 is 0. The first-order valence-electron chi connectivity index (χ1n) is 7.13. The summed E-state index contributed by atoms with van der Waals surface area (Å²) in [4.78, 5) is 11.9. The minimum absolute atomic E-state index is 0.0230. The molecule has 1 heterocycles. The monoisotopic (exact) mass is 260 g/mol. The van der Waals surface area contributed by atoms with Gasteiger partial charge in [0.15, 0.2) is 0 Å². The first-order valence-corrected chi connectivity index (χ1v) is 7.13. The second-order valence-corrected chi connectivity index (χ2v) is 5.25. The Morgan fingerprint density at radius 1 is 1.37 bits per heavy atom. The lowest BCUT2D eigenvalue weighted by atomic mass is 10.1. The lowest BCUT2D eigenvalue weighted by Gasteiger charge is -2.14. The average Bonchev–Trinajstić information content (AvgIpc) is 2.99. The molecule has 19 heavy (non-hydrogen) atoms. The van der Waals surface area contributed by atoms with E-state index in [0.29, 0.717) is 6.10 Å². The van der Waals surface area contributed by atoms with Gasteiger partial charge in [-0.25, -0.2) is 0 Å². The third kappa shape index (κ3) is 2.45. The van der Waals surface area contributed by atoms with Crippen molar-refractivity contribution in [1.29, 1.82) is 0 Å². The molecule has 0 aromatic heterocycles. The molecule has 1 unspecified atom stereocenters. The molecule has 1 aromatic rings. The van der Waals surface area contributed by atoms with Crippen LogP contribution in [0.3, 0.4) is 0 Å².